The first-order valence-electron chi connectivity index (χ1n) is 7.78. The van der Waals surface area contributed by atoms with Gasteiger partial charge in [0.15, 0.2) is 4.32 Å². The Kier molecular flexibility index (Phi) is 5.11. The zero-order valence-corrected chi connectivity index (χ0v) is 15.7. The third kappa shape index (κ3) is 3.55. The SMILES string of the molecule is C=CCOc1ccc(/C=C2/SC(=S)N(n3c(C)ccc3C)C2=O)cc1. The largest absolute Gasteiger partial charge is 0.490 e. The predicted molar refractivity (Wildman–Crippen MR) is 107 cm³/mol. The summed E-state index contributed by atoms with van der Waals surface area (Å²) in [6, 6.07) is 11.5. The Balaban J connectivity index is 1.84. The van der Waals surface area contributed by atoms with Gasteiger partial charge in [0.25, 0.3) is 5.91 Å². The van der Waals surface area contributed by atoms with Gasteiger partial charge in [0, 0.05) is 11.4 Å². The van der Waals surface area contributed by atoms with E-state index in [-0.39, 0.29) is 5.91 Å². The van der Waals surface area contributed by atoms with Crippen molar-refractivity contribution in [2.75, 3.05) is 11.6 Å². The fourth-order valence-electron chi connectivity index (χ4n) is 2.57. The Morgan fingerprint density at radius 3 is 2.40 bits per heavy atom. The van der Waals surface area contributed by atoms with Crippen LogP contribution in [0.25, 0.3) is 6.08 Å². The number of aryl methyl sites for hydroxylation is 2. The van der Waals surface area contributed by atoms with Crippen molar-refractivity contribution in [1.29, 1.82) is 0 Å². The number of thiocarbonyl (C=S) groups is 1. The molecule has 0 N–H and O–H groups in total. The van der Waals surface area contributed by atoms with E-state index < -0.39 is 0 Å². The molecule has 1 saturated heterocycles. The molecule has 1 aliphatic heterocycles. The van der Waals surface area contributed by atoms with Gasteiger partial charge >= 0.3 is 0 Å². The van der Waals surface area contributed by atoms with E-state index in [4.69, 9.17) is 17.0 Å². The summed E-state index contributed by atoms with van der Waals surface area (Å²) in [5, 5.41) is 1.55. The Bertz CT molecular complexity index is 847. The molecule has 0 radical (unpaired) electrons. The van der Waals surface area contributed by atoms with E-state index in [9.17, 15) is 4.79 Å². The van der Waals surface area contributed by atoms with Gasteiger partial charge in [-0.15, -0.1) is 0 Å². The van der Waals surface area contributed by atoms with Crippen LogP contribution in [-0.4, -0.2) is 21.5 Å². The number of hydrogen-bond acceptors (Lipinski definition) is 4. The highest BCUT2D eigenvalue weighted by atomic mass is 32.2. The monoisotopic (exact) mass is 370 g/mol. The minimum atomic E-state index is -0.107. The fraction of sp³-hybridized carbons (Fsp3) is 0.158. The van der Waals surface area contributed by atoms with E-state index in [1.54, 1.807) is 11.1 Å². The van der Waals surface area contributed by atoms with Crippen molar-refractivity contribution in [1.82, 2.24) is 4.68 Å². The first-order valence-corrected chi connectivity index (χ1v) is 9.00. The number of carbonyl (C=O) groups excluding carboxylic acids is 1. The molecule has 25 heavy (non-hydrogen) atoms. The molecule has 2 heterocycles. The highest BCUT2D eigenvalue weighted by molar-refractivity contribution is 8.27. The van der Waals surface area contributed by atoms with Crippen LogP contribution in [0.15, 0.2) is 54.0 Å². The average Bonchev–Trinajstić information content (AvgIpc) is 3.06. The zero-order valence-electron chi connectivity index (χ0n) is 14.1. The van der Waals surface area contributed by atoms with Gasteiger partial charge in [-0.25, -0.2) is 0 Å². The van der Waals surface area contributed by atoms with Crippen molar-refractivity contribution >= 4 is 40.3 Å². The van der Waals surface area contributed by atoms with E-state index >= 15 is 0 Å². The van der Waals surface area contributed by atoms with Crippen molar-refractivity contribution in [2.45, 2.75) is 13.8 Å². The van der Waals surface area contributed by atoms with Crippen LogP contribution in [0.1, 0.15) is 17.0 Å². The van der Waals surface area contributed by atoms with Crippen molar-refractivity contribution < 1.29 is 9.53 Å². The van der Waals surface area contributed by atoms with E-state index in [0.29, 0.717) is 15.8 Å². The molecule has 1 aliphatic rings. The maximum Gasteiger partial charge on any atom is 0.285 e. The first kappa shape index (κ1) is 17.5. The molecule has 128 valence electrons. The number of thioether (sulfide) groups is 1. The molecule has 0 unspecified atom stereocenters. The lowest BCUT2D eigenvalue weighted by atomic mass is 10.2. The van der Waals surface area contributed by atoms with Crippen molar-refractivity contribution in [3.63, 3.8) is 0 Å². The lowest BCUT2D eigenvalue weighted by Gasteiger charge is -2.20. The van der Waals surface area contributed by atoms with Gasteiger partial charge in [-0.3, -0.25) is 9.47 Å². The third-order valence-electron chi connectivity index (χ3n) is 3.75. The van der Waals surface area contributed by atoms with Gasteiger partial charge in [-0.2, -0.15) is 5.01 Å². The zero-order chi connectivity index (χ0) is 18.0. The minimum absolute atomic E-state index is 0.107. The summed E-state index contributed by atoms with van der Waals surface area (Å²) in [6.45, 7) is 8.00. The molecular formula is C19H18N2O2S2. The molecule has 1 aromatic heterocycles. The number of ether oxygens (including phenoxy) is 1. The second kappa shape index (κ2) is 7.29. The van der Waals surface area contributed by atoms with Crippen LogP contribution >= 0.6 is 24.0 Å². The van der Waals surface area contributed by atoms with Gasteiger partial charge in [-0.1, -0.05) is 36.5 Å². The number of rotatable bonds is 5. The van der Waals surface area contributed by atoms with Crippen LogP contribution in [0.4, 0.5) is 0 Å². The highest BCUT2D eigenvalue weighted by Gasteiger charge is 2.34. The van der Waals surface area contributed by atoms with Crippen LogP contribution in [0.2, 0.25) is 0 Å². The van der Waals surface area contributed by atoms with E-state index in [1.165, 1.54) is 11.8 Å². The van der Waals surface area contributed by atoms with Crippen LogP contribution in [0.5, 0.6) is 5.75 Å². The summed E-state index contributed by atoms with van der Waals surface area (Å²) in [5.41, 5.74) is 2.87. The Morgan fingerprint density at radius 2 is 1.80 bits per heavy atom. The fourth-order valence-corrected chi connectivity index (χ4v) is 3.82. The molecule has 4 nitrogen and oxygen atoms in total. The molecule has 1 amide bonds. The quantitative estimate of drug-likeness (QED) is 0.449. The van der Waals surface area contributed by atoms with Crippen molar-refractivity contribution in [3.8, 4) is 5.75 Å². The summed E-state index contributed by atoms with van der Waals surface area (Å²) in [4.78, 5) is 13.4. The van der Waals surface area contributed by atoms with E-state index in [1.807, 2.05) is 61.0 Å². The van der Waals surface area contributed by atoms with Crippen molar-refractivity contribution in [3.05, 3.63) is 70.9 Å². The standard InChI is InChI=1S/C19H18N2O2S2/c1-4-11-23-16-9-7-15(8-10-16)12-17-18(22)21(19(24)25-17)20-13(2)5-6-14(20)3/h4-10,12H,1,11H2,2-3H3/b17-12+. The summed E-state index contributed by atoms with van der Waals surface area (Å²) in [7, 11) is 0. The molecule has 0 atom stereocenters. The van der Waals surface area contributed by atoms with Crippen LogP contribution in [0, 0.1) is 13.8 Å². The number of benzene rings is 1. The Hall–Kier alpha value is -2.31. The number of amides is 1. The number of hydrogen-bond donors (Lipinski definition) is 0. The van der Waals surface area contributed by atoms with Crippen LogP contribution in [0.3, 0.4) is 0 Å². The first-order chi connectivity index (χ1) is 12.0. The normalized spacial score (nSPS) is 15.9. The minimum Gasteiger partial charge on any atom is -0.490 e. The molecule has 1 aromatic carbocycles. The molecular weight excluding hydrogens is 352 g/mol. The topological polar surface area (TPSA) is 34.5 Å². The van der Waals surface area contributed by atoms with Gasteiger partial charge in [0.05, 0.1) is 4.91 Å². The predicted octanol–water partition coefficient (Wildman–Crippen LogP) is 4.21. The van der Waals surface area contributed by atoms with Gasteiger partial charge in [-0.05, 0) is 62.0 Å². The molecule has 0 spiro atoms. The van der Waals surface area contributed by atoms with Gasteiger partial charge in [0.2, 0.25) is 0 Å². The summed E-state index contributed by atoms with van der Waals surface area (Å²) in [5.74, 6) is 0.660. The van der Waals surface area contributed by atoms with E-state index in [0.717, 1.165) is 22.7 Å². The second-order valence-corrected chi connectivity index (χ2v) is 7.27. The van der Waals surface area contributed by atoms with E-state index in [2.05, 4.69) is 6.58 Å². The molecule has 0 aliphatic carbocycles. The second-order valence-electron chi connectivity index (χ2n) is 5.59. The third-order valence-corrected chi connectivity index (χ3v) is 5.04. The van der Waals surface area contributed by atoms with Crippen LogP contribution in [-0.2, 0) is 4.79 Å². The highest BCUT2D eigenvalue weighted by Crippen LogP contribution is 2.32. The number of nitrogens with zero attached hydrogens (tertiary/aromatic N) is 2. The Labute approximate surface area is 156 Å². The average molecular weight is 370 g/mol. The van der Waals surface area contributed by atoms with Crippen molar-refractivity contribution in [2.24, 2.45) is 0 Å². The Morgan fingerprint density at radius 1 is 1.16 bits per heavy atom. The molecule has 1 fully saturated rings. The summed E-state index contributed by atoms with van der Waals surface area (Å²) in [6.07, 6.45) is 3.55. The molecule has 3 rings (SSSR count). The maximum atomic E-state index is 12.8. The number of carbonyl (C=O) groups is 1. The van der Waals surface area contributed by atoms with Gasteiger partial charge in [0.1, 0.15) is 12.4 Å². The van der Waals surface area contributed by atoms with Crippen LogP contribution < -0.4 is 9.75 Å². The molecule has 0 saturated carbocycles. The summed E-state index contributed by atoms with van der Waals surface area (Å²) < 4.78 is 7.85. The lowest BCUT2D eigenvalue weighted by molar-refractivity contribution is -0.114. The molecule has 6 heteroatoms. The molecule has 2 aromatic rings. The molecule has 0 bridgehead atoms. The lowest BCUT2D eigenvalue weighted by Crippen LogP contribution is -2.39. The smallest absolute Gasteiger partial charge is 0.285 e. The summed E-state index contributed by atoms with van der Waals surface area (Å²) >= 11 is 6.74. The van der Waals surface area contributed by atoms with Gasteiger partial charge < -0.3 is 4.74 Å². The maximum absolute atomic E-state index is 12.8. The number of aromatic nitrogens is 1.